The first-order valence-electron chi connectivity index (χ1n) is 5.75. The number of carbonyl (C=O) groups is 2. The third-order valence-corrected chi connectivity index (χ3v) is 2.58. The quantitative estimate of drug-likeness (QED) is 0.826. The van der Waals surface area contributed by atoms with Gasteiger partial charge in [-0.2, -0.15) is 5.10 Å². The highest BCUT2D eigenvalue weighted by molar-refractivity contribution is 6.04. The number of nitrogens with one attached hydrogen (secondary N) is 2. The fraction of sp³-hybridized carbons (Fsp3) is 0.583. The van der Waals surface area contributed by atoms with E-state index in [1.54, 1.807) is 21.0 Å². The monoisotopic (exact) mass is 252 g/mol. The molecular weight excluding hydrogens is 232 g/mol. The van der Waals surface area contributed by atoms with Gasteiger partial charge in [-0.15, -0.1) is 0 Å². The zero-order chi connectivity index (χ0) is 14.1. The Morgan fingerprint density at radius 1 is 1.28 bits per heavy atom. The molecule has 2 N–H and O–H groups in total. The summed E-state index contributed by atoms with van der Waals surface area (Å²) in [7, 11) is 3.21. The number of carbonyl (C=O) groups excluding carboxylic acids is 2. The molecule has 0 spiro atoms. The Morgan fingerprint density at radius 3 is 2.28 bits per heavy atom. The van der Waals surface area contributed by atoms with E-state index in [0.717, 1.165) is 0 Å². The van der Waals surface area contributed by atoms with Gasteiger partial charge in [0, 0.05) is 19.5 Å². The lowest BCUT2D eigenvalue weighted by Gasteiger charge is -2.18. The van der Waals surface area contributed by atoms with Crippen LogP contribution in [0.2, 0.25) is 0 Å². The van der Waals surface area contributed by atoms with Crippen LogP contribution in [0, 0.1) is 12.3 Å². The van der Waals surface area contributed by atoms with Crippen LogP contribution < -0.4 is 10.6 Å². The predicted octanol–water partition coefficient (Wildman–Crippen LogP) is 1.07. The van der Waals surface area contributed by atoms with Crippen LogP contribution in [0.15, 0.2) is 0 Å². The van der Waals surface area contributed by atoms with E-state index >= 15 is 0 Å². The predicted molar refractivity (Wildman–Crippen MR) is 69.4 cm³/mol. The molecule has 100 valence electrons. The Labute approximate surface area is 107 Å². The van der Waals surface area contributed by atoms with Crippen LogP contribution in [0.4, 0.5) is 5.69 Å². The van der Waals surface area contributed by atoms with Gasteiger partial charge in [0.1, 0.15) is 5.69 Å². The number of nitrogens with zero attached hydrogens (tertiary/aromatic N) is 2. The standard InChI is InChI=1S/C12H20N4O2/c1-7-8(14-11(18)12(2,3)4)9(10(17)13-5)16(6)15-7/h1-6H3,(H,13,17)(H,14,18). The lowest BCUT2D eigenvalue weighted by atomic mass is 9.95. The van der Waals surface area contributed by atoms with E-state index < -0.39 is 5.41 Å². The first-order chi connectivity index (χ1) is 8.18. The van der Waals surface area contributed by atoms with Crippen LogP contribution in [0.25, 0.3) is 0 Å². The molecule has 0 atom stereocenters. The maximum atomic E-state index is 12.0. The number of aromatic nitrogens is 2. The third-order valence-electron chi connectivity index (χ3n) is 2.58. The summed E-state index contributed by atoms with van der Waals surface area (Å²) in [6, 6.07) is 0. The van der Waals surface area contributed by atoms with E-state index in [-0.39, 0.29) is 11.8 Å². The minimum absolute atomic E-state index is 0.149. The first kappa shape index (κ1) is 14.2. The number of rotatable bonds is 2. The molecule has 6 nitrogen and oxygen atoms in total. The van der Waals surface area contributed by atoms with Gasteiger partial charge < -0.3 is 10.6 Å². The average Bonchev–Trinajstić information content (AvgIpc) is 2.51. The van der Waals surface area contributed by atoms with Crippen LogP contribution >= 0.6 is 0 Å². The number of hydrogen-bond donors (Lipinski definition) is 2. The molecule has 0 fully saturated rings. The summed E-state index contributed by atoms with van der Waals surface area (Å²) >= 11 is 0. The molecule has 0 saturated heterocycles. The third kappa shape index (κ3) is 2.69. The summed E-state index contributed by atoms with van der Waals surface area (Å²) in [5, 5.41) is 9.46. The Bertz CT molecular complexity index is 483. The molecule has 0 radical (unpaired) electrons. The Kier molecular flexibility index (Phi) is 3.79. The molecule has 18 heavy (non-hydrogen) atoms. The topological polar surface area (TPSA) is 76.0 Å². The zero-order valence-electron chi connectivity index (χ0n) is 11.7. The van der Waals surface area contributed by atoms with Gasteiger partial charge in [0.2, 0.25) is 5.91 Å². The first-order valence-corrected chi connectivity index (χ1v) is 5.75. The summed E-state index contributed by atoms with van der Waals surface area (Å²) < 4.78 is 1.46. The Balaban J connectivity index is 3.17. The van der Waals surface area contributed by atoms with Crippen molar-refractivity contribution in [3.05, 3.63) is 11.4 Å². The van der Waals surface area contributed by atoms with E-state index in [9.17, 15) is 9.59 Å². The lowest BCUT2D eigenvalue weighted by Crippen LogP contribution is -2.30. The molecule has 6 heteroatoms. The largest absolute Gasteiger partial charge is 0.354 e. The van der Waals surface area contributed by atoms with Crippen LogP contribution in [0.5, 0.6) is 0 Å². The van der Waals surface area contributed by atoms with Crippen molar-refractivity contribution in [1.82, 2.24) is 15.1 Å². The zero-order valence-corrected chi connectivity index (χ0v) is 11.7. The minimum atomic E-state index is -0.526. The second-order valence-corrected chi connectivity index (χ2v) is 5.22. The Hall–Kier alpha value is -1.85. The number of anilines is 1. The van der Waals surface area contributed by atoms with Crippen LogP contribution in [-0.2, 0) is 11.8 Å². The van der Waals surface area contributed by atoms with Crippen molar-refractivity contribution in [2.24, 2.45) is 12.5 Å². The van der Waals surface area contributed by atoms with Crippen molar-refractivity contribution < 1.29 is 9.59 Å². The van der Waals surface area contributed by atoms with Gasteiger partial charge in [-0.05, 0) is 6.92 Å². The van der Waals surface area contributed by atoms with E-state index in [1.807, 2.05) is 20.8 Å². The summed E-state index contributed by atoms with van der Waals surface area (Å²) in [5.41, 5.74) is 0.917. The Morgan fingerprint density at radius 2 is 1.83 bits per heavy atom. The van der Waals surface area contributed by atoms with Crippen LogP contribution in [0.3, 0.4) is 0 Å². The maximum absolute atomic E-state index is 12.0. The van der Waals surface area contributed by atoms with Gasteiger partial charge >= 0.3 is 0 Å². The number of hydrogen-bond acceptors (Lipinski definition) is 3. The highest BCUT2D eigenvalue weighted by Crippen LogP contribution is 2.23. The molecule has 0 aliphatic heterocycles. The van der Waals surface area contributed by atoms with E-state index in [2.05, 4.69) is 15.7 Å². The van der Waals surface area contributed by atoms with Gasteiger partial charge in [0.15, 0.2) is 0 Å². The highest BCUT2D eigenvalue weighted by atomic mass is 16.2. The second-order valence-electron chi connectivity index (χ2n) is 5.22. The van der Waals surface area contributed by atoms with Gasteiger partial charge in [0.25, 0.3) is 5.91 Å². The van der Waals surface area contributed by atoms with Crippen molar-refractivity contribution >= 4 is 17.5 Å². The van der Waals surface area contributed by atoms with Crippen molar-refractivity contribution in [1.29, 1.82) is 0 Å². The fourth-order valence-corrected chi connectivity index (χ4v) is 1.49. The second kappa shape index (κ2) is 4.80. The molecule has 1 aromatic rings. The molecule has 0 aromatic carbocycles. The van der Waals surface area contributed by atoms with Crippen molar-refractivity contribution in [3.8, 4) is 0 Å². The summed E-state index contributed by atoms with van der Waals surface area (Å²) in [5.74, 6) is -0.425. The van der Waals surface area contributed by atoms with E-state index in [1.165, 1.54) is 4.68 Å². The van der Waals surface area contributed by atoms with E-state index in [4.69, 9.17) is 0 Å². The molecule has 0 saturated carbocycles. The molecule has 1 aromatic heterocycles. The number of aryl methyl sites for hydroxylation is 2. The number of amides is 2. The molecule has 0 unspecified atom stereocenters. The normalized spacial score (nSPS) is 11.2. The van der Waals surface area contributed by atoms with Crippen molar-refractivity contribution in [3.63, 3.8) is 0 Å². The molecular formula is C12H20N4O2. The van der Waals surface area contributed by atoms with Crippen LogP contribution in [-0.4, -0.2) is 28.6 Å². The summed E-state index contributed by atoms with van der Waals surface area (Å²) in [6.45, 7) is 7.19. The van der Waals surface area contributed by atoms with Gasteiger partial charge in [-0.1, -0.05) is 20.8 Å². The fourth-order valence-electron chi connectivity index (χ4n) is 1.49. The van der Waals surface area contributed by atoms with Gasteiger partial charge in [-0.25, -0.2) is 0 Å². The summed E-state index contributed by atoms with van der Waals surface area (Å²) in [6.07, 6.45) is 0. The maximum Gasteiger partial charge on any atom is 0.271 e. The molecule has 1 heterocycles. The van der Waals surface area contributed by atoms with Gasteiger partial charge in [0.05, 0.1) is 11.4 Å². The van der Waals surface area contributed by atoms with Crippen molar-refractivity contribution in [2.75, 3.05) is 12.4 Å². The molecule has 0 bridgehead atoms. The van der Waals surface area contributed by atoms with Crippen molar-refractivity contribution in [2.45, 2.75) is 27.7 Å². The molecule has 1 rings (SSSR count). The SMILES string of the molecule is CNC(=O)c1c(NC(=O)C(C)(C)C)c(C)nn1C. The summed E-state index contributed by atoms with van der Waals surface area (Å²) in [4.78, 5) is 23.8. The average molecular weight is 252 g/mol. The minimum Gasteiger partial charge on any atom is -0.354 e. The highest BCUT2D eigenvalue weighted by Gasteiger charge is 2.26. The van der Waals surface area contributed by atoms with Gasteiger partial charge in [-0.3, -0.25) is 14.3 Å². The molecule has 0 aliphatic rings. The lowest BCUT2D eigenvalue weighted by molar-refractivity contribution is -0.123. The van der Waals surface area contributed by atoms with E-state index in [0.29, 0.717) is 17.1 Å². The molecule has 0 aliphatic carbocycles. The molecule has 2 amide bonds. The van der Waals surface area contributed by atoms with Crippen LogP contribution in [0.1, 0.15) is 37.0 Å². The smallest absolute Gasteiger partial charge is 0.271 e.